The standard InChI is InChI=1S/C28H24ClNO3/c1-33-28(32)25-8-3-2-6-20(25)12-16-27(31)22-7-4-5-19(17-22)9-14-24-15-11-21-10-13-23(29)18-26(21)30-24/h2-11,13-15,17-18,27,31H,12,16H2,1H3/b14-9+/t27-/m1/s1. The molecule has 4 rings (SSSR count). The van der Waals surface area contributed by atoms with Gasteiger partial charge in [0.25, 0.3) is 0 Å². The molecule has 0 fully saturated rings. The molecular formula is C28H24ClNO3. The number of ether oxygens (including phenoxy) is 1. The Bertz CT molecular complexity index is 1320. The van der Waals surface area contributed by atoms with E-state index in [4.69, 9.17) is 16.3 Å². The van der Waals surface area contributed by atoms with E-state index in [9.17, 15) is 9.90 Å². The molecule has 1 N–H and O–H groups in total. The van der Waals surface area contributed by atoms with E-state index in [0.717, 1.165) is 33.3 Å². The van der Waals surface area contributed by atoms with E-state index in [0.29, 0.717) is 23.4 Å². The molecular weight excluding hydrogens is 434 g/mol. The maximum absolute atomic E-state index is 12.0. The number of fused-ring (bicyclic) bond motifs is 1. The van der Waals surface area contributed by atoms with Crippen molar-refractivity contribution in [2.45, 2.75) is 18.9 Å². The lowest BCUT2D eigenvalue weighted by atomic mass is 9.97. The van der Waals surface area contributed by atoms with Crippen molar-refractivity contribution in [1.29, 1.82) is 0 Å². The van der Waals surface area contributed by atoms with Gasteiger partial charge in [0.15, 0.2) is 0 Å². The van der Waals surface area contributed by atoms with Crippen molar-refractivity contribution >= 4 is 40.6 Å². The second kappa shape index (κ2) is 10.4. The van der Waals surface area contributed by atoms with Crippen LogP contribution in [0.25, 0.3) is 23.1 Å². The molecule has 5 heteroatoms. The fraction of sp³-hybridized carbons (Fsp3) is 0.143. The van der Waals surface area contributed by atoms with Crippen LogP contribution in [0.4, 0.5) is 0 Å². The average molecular weight is 458 g/mol. The third kappa shape index (κ3) is 5.67. The second-order valence-corrected chi connectivity index (χ2v) is 8.22. The van der Waals surface area contributed by atoms with Crippen molar-refractivity contribution in [3.05, 3.63) is 112 Å². The minimum Gasteiger partial charge on any atom is -0.465 e. The smallest absolute Gasteiger partial charge is 0.338 e. The quantitative estimate of drug-likeness (QED) is 0.321. The van der Waals surface area contributed by atoms with Gasteiger partial charge in [-0.1, -0.05) is 66.2 Å². The largest absolute Gasteiger partial charge is 0.465 e. The van der Waals surface area contributed by atoms with E-state index in [1.54, 1.807) is 12.1 Å². The molecule has 0 amide bonds. The highest BCUT2D eigenvalue weighted by atomic mass is 35.5. The summed E-state index contributed by atoms with van der Waals surface area (Å²) >= 11 is 6.08. The number of aliphatic hydroxyl groups is 1. The Kier molecular flexibility index (Phi) is 7.18. The number of halogens is 1. The van der Waals surface area contributed by atoms with Gasteiger partial charge in [-0.05, 0) is 65.9 Å². The summed E-state index contributed by atoms with van der Waals surface area (Å²) in [6.45, 7) is 0. The molecule has 0 saturated heterocycles. The summed E-state index contributed by atoms with van der Waals surface area (Å²) < 4.78 is 4.86. The number of aliphatic hydroxyl groups excluding tert-OH is 1. The van der Waals surface area contributed by atoms with Crippen molar-refractivity contribution in [2.24, 2.45) is 0 Å². The van der Waals surface area contributed by atoms with E-state index in [-0.39, 0.29) is 5.97 Å². The molecule has 0 bridgehead atoms. The Morgan fingerprint density at radius 2 is 1.85 bits per heavy atom. The van der Waals surface area contributed by atoms with E-state index >= 15 is 0 Å². The van der Waals surface area contributed by atoms with Crippen molar-refractivity contribution in [3.8, 4) is 0 Å². The molecule has 0 aliphatic heterocycles. The zero-order valence-corrected chi connectivity index (χ0v) is 19.0. The van der Waals surface area contributed by atoms with Crippen LogP contribution in [0.2, 0.25) is 5.02 Å². The van der Waals surface area contributed by atoms with Crippen molar-refractivity contribution < 1.29 is 14.6 Å². The van der Waals surface area contributed by atoms with Gasteiger partial charge in [-0.3, -0.25) is 0 Å². The van der Waals surface area contributed by atoms with Crippen molar-refractivity contribution in [1.82, 2.24) is 4.98 Å². The summed E-state index contributed by atoms with van der Waals surface area (Å²) in [7, 11) is 1.37. The highest BCUT2D eigenvalue weighted by molar-refractivity contribution is 6.31. The van der Waals surface area contributed by atoms with E-state index in [1.165, 1.54) is 7.11 Å². The Morgan fingerprint density at radius 3 is 2.70 bits per heavy atom. The topological polar surface area (TPSA) is 59.4 Å². The lowest BCUT2D eigenvalue weighted by Crippen LogP contribution is -2.07. The van der Waals surface area contributed by atoms with E-state index in [2.05, 4.69) is 4.98 Å². The van der Waals surface area contributed by atoms with Crippen LogP contribution >= 0.6 is 11.6 Å². The summed E-state index contributed by atoms with van der Waals surface area (Å²) in [5.41, 5.74) is 4.87. The molecule has 4 nitrogen and oxygen atoms in total. The number of hydrogen-bond donors (Lipinski definition) is 1. The number of aromatic nitrogens is 1. The van der Waals surface area contributed by atoms with Gasteiger partial charge < -0.3 is 9.84 Å². The molecule has 3 aromatic carbocycles. The number of benzene rings is 3. The van der Waals surface area contributed by atoms with Crippen LogP contribution in [0.15, 0.2) is 78.9 Å². The predicted molar refractivity (Wildman–Crippen MR) is 133 cm³/mol. The number of pyridine rings is 1. The number of aryl methyl sites for hydroxylation is 1. The van der Waals surface area contributed by atoms with E-state index < -0.39 is 6.10 Å². The highest BCUT2D eigenvalue weighted by Crippen LogP contribution is 2.23. The van der Waals surface area contributed by atoms with Gasteiger partial charge in [-0.25, -0.2) is 9.78 Å². The first-order chi connectivity index (χ1) is 16.0. The average Bonchev–Trinajstić information content (AvgIpc) is 2.85. The molecule has 0 saturated carbocycles. The molecule has 166 valence electrons. The fourth-order valence-corrected chi connectivity index (χ4v) is 3.92. The molecule has 1 atom stereocenters. The van der Waals surface area contributed by atoms with Crippen LogP contribution in [-0.4, -0.2) is 23.2 Å². The molecule has 1 heterocycles. The molecule has 0 spiro atoms. The first kappa shape index (κ1) is 22.7. The highest BCUT2D eigenvalue weighted by Gasteiger charge is 2.14. The predicted octanol–water partition coefficient (Wildman–Crippen LogP) is 6.51. The summed E-state index contributed by atoms with van der Waals surface area (Å²) in [6, 6.07) is 24.7. The molecule has 0 radical (unpaired) electrons. The Labute approximate surface area is 198 Å². The lowest BCUT2D eigenvalue weighted by Gasteiger charge is -2.13. The number of hydrogen-bond acceptors (Lipinski definition) is 4. The minimum absolute atomic E-state index is 0.364. The first-order valence-corrected chi connectivity index (χ1v) is 11.1. The number of methoxy groups -OCH3 is 1. The van der Waals surface area contributed by atoms with Crippen LogP contribution in [-0.2, 0) is 11.2 Å². The first-order valence-electron chi connectivity index (χ1n) is 10.7. The second-order valence-electron chi connectivity index (χ2n) is 7.78. The number of esters is 1. The summed E-state index contributed by atoms with van der Waals surface area (Å²) in [4.78, 5) is 16.6. The zero-order chi connectivity index (χ0) is 23.2. The van der Waals surface area contributed by atoms with Gasteiger partial charge in [0, 0.05) is 10.4 Å². The van der Waals surface area contributed by atoms with Gasteiger partial charge in [-0.15, -0.1) is 0 Å². The number of rotatable bonds is 7. The Morgan fingerprint density at radius 1 is 1.03 bits per heavy atom. The lowest BCUT2D eigenvalue weighted by molar-refractivity contribution is 0.0599. The molecule has 0 unspecified atom stereocenters. The van der Waals surface area contributed by atoms with Gasteiger partial charge in [0.05, 0.1) is 30.0 Å². The molecule has 0 aliphatic rings. The Balaban J connectivity index is 1.46. The zero-order valence-electron chi connectivity index (χ0n) is 18.2. The summed E-state index contributed by atoms with van der Waals surface area (Å²) in [5.74, 6) is -0.364. The van der Waals surface area contributed by atoms with Crippen molar-refractivity contribution in [2.75, 3.05) is 7.11 Å². The molecule has 1 aromatic heterocycles. The third-order valence-corrected chi connectivity index (χ3v) is 5.76. The van der Waals surface area contributed by atoms with E-state index in [1.807, 2.05) is 78.9 Å². The monoisotopic (exact) mass is 457 g/mol. The molecule has 4 aromatic rings. The SMILES string of the molecule is COC(=O)c1ccccc1CC[C@@H](O)c1cccc(/C=C/c2ccc3ccc(Cl)cc3n2)c1. The maximum atomic E-state index is 12.0. The molecule has 0 aliphatic carbocycles. The van der Waals surface area contributed by atoms with Crippen LogP contribution in [0.3, 0.4) is 0 Å². The fourth-order valence-electron chi connectivity index (χ4n) is 3.76. The van der Waals surface area contributed by atoms with Gasteiger partial charge >= 0.3 is 5.97 Å². The van der Waals surface area contributed by atoms with Crippen LogP contribution in [0.1, 0.15) is 45.3 Å². The van der Waals surface area contributed by atoms with Crippen molar-refractivity contribution in [3.63, 3.8) is 0 Å². The molecule has 33 heavy (non-hydrogen) atoms. The van der Waals surface area contributed by atoms with Crippen LogP contribution in [0.5, 0.6) is 0 Å². The van der Waals surface area contributed by atoms with Gasteiger partial charge in [-0.2, -0.15) is 0 Å². The van der Waals surface area contributed by atoms with Crippen LogP contribution < -0.4 is 0 Å². The van der Waals surface area contributed by atoms with Crippen LogP contribution in [0, 0.1) is 0 Å². The minimum atomic E-state index is -0.648. The third-order valence-electron chi connectivity index (χ3n) is 5.53. The Hall–Kier alpha value is -3.47. The number of carbonyl (C=O) groups is 1. The number of nitrogens with zero attached hydrogens (tertiary/aromatic N) is 1. The summed E-state index contributed by atoms with van der Waals surface area (Å²) in [6.07, 6.45) is 4.33. The number of carbonyl (C=O) groups excluding carboxylic acids is 1. The van der Waals surface area contributed by atoms with Gasteiger partial charge in [0.1, 0.15) is 0 Å². The van der Waals surface area contributed by atoms with Gasteiger partial charge in [0.2, 0.25) is 0 Å². The summed E-state index contributed by atoms with van der Waals surface area (Å²) in [5, 5.41) is 12.5. The maximum Gasteiger partial charge on any atom is 0.338 e. The normalized spacial score (nSPS) is 12.2.